The number of benzene rings is 1. The number of nitrogens with zero attached hydrogens (tertiary/aromatic N) is 5. The van der Waals surface area contributed by atoms with Crippen LogP contribution in [-0.4, -0.2) is 47.1 Å². The van der Waals surface area contributed by atoms with Crippen molar-refractivity contribution in [2.45, 2.75) is 30.7 Å². The first-order valence-corrected chi connectivity index (χ1v) is 10.6. The Bertz CT molecular complexity index is 1130. The van der Waals surface area contributed by atoms with E-state index in [0.717, 1.165) is 23.8 Å². The van der Waals surface area contributed by atoms with Crippen LogP contribution in [0.15, 0.2) is 35.5 Å². The Morgan fingerprint density at radius 1 is 1.25 bits per heavy atom. The number of aryl methyl sites for hydroxylation is 1. The Hall–Kier alpha value is -2.30. The standard InChI is InChI=1S/C17H18ClFN6O2S/c1-11-21-22-17-16(20-6-9-25(11)17)24-7-4-12(5-8-24)23-28(26,27)13-2-3-15(19)14(18)10-13/h2-3,6,9-10,12,23H,4-5,7-8H2,1H3. The van der Waals surface area contributed by atoms with Crippen molar-refractivity contribution in [1.29, 1.82) is 0 Å². The zero-order valence-corrected chi connectivity index (χ0v) is 16.6. The van der Waals surface area contributed by atoms with Crippen molar-refractivity contribution in [3.8, 4) is 0 Å². The van der Waals surface area contributed by atoms with E-state index >= 15 is 0 Å². The van der Waals surface area contributed by atoms with Crippen molar-refractivity contribution < 1.29 is 12.8 Å². The Balaban J connectivity index is 1.46. The van der Waals surface area contributed by atoms with Crippen LogP contribution >= 0.6 is 11.6 Å². The van der Waals surface area contributed by atoms with E-state index in [1.165, 1.54) is 6.07 Å². The molecule has 28 heavy (non-hydrogen) atoms. The van der Waals surface area contributed by atoms with Gasteiger partial charge in [0.15, 0.2) is 5.82 Å². The molecule has 1 fully saturated rings. The molecular formula is C17H18ClFN6O2S. The topological polar surface area (TPSA) is 92.5 Å². The highest BCUT2D eigenvalue weighted by Crippen LogP contribution is 2.24. The summed E-state index contributed by atoms with van der Waals surface area (Å²) in [5.74, 6) is 0.855. The fourth-order valence-corrected chi connectivity index (χ4v) is 4.87. The van der Waals surface area contributed by atoms with Gasteiger partial charge in [-0.25, -0.2) is 22.5 Å². The van der Waals surface area contributed by atoms with Crippen molar-refractivity contribution in [3.05, 3.63) is 47.3 Å². The van der Waals surface area contributed by atoms with Crippen LogP contribution in [0, 0.1) is 12.7 Å². The van der Waals surface area contributed by atoms with Gasteiger partial charge in [0.2, 0.25) is 15.7 Å². The van der Waals surface area contributed by atoms with Gasteiger partial charge >= 0.3 is 0 Å². The average Bonchev–Trinajstić information content (AvgIpc) is 3.05. The van der Waals surface area contributed by atoms with Crippen LogP contribution < -0.4 is 9.62 Å². The molecule has 0 bridgehead atoms. The summed E-state index contributed by atoms with van der Waals surface area (Å²) in [7, 11) is -3.77. The molecule has 4 rings (SSSR count). The Morgan fingerprint density at radius 3 is 2.71 bits per heavy atom. The van der Waals surface area contributed by atoms with Gasteiger partial charge in [-0.1, -0.05) is 11.6 Å². The lowest BCUT2D eigenvalue weighted by Gasteiger charge is -2.32. The number of anilines is 1. The van der Waals surface area contributed by atoms with Crippen LogP contribution in [-0.2, 0) is 10.0 Å². The molecule has 1 aliphatic rings. The maximum Gasteiger partial charge on any atom is 0.240 e. The minimum absolute atomic E-state index is 0.0494. The number of fused-ring (bicyclic) bond motifs is 1. The lowest BCUT2D eigenvalue weighted by molar-refractivity contribution is 0.458. The van der Waals surface area contributed by atoms with Crippen LogP contribution in [0.3, 0.4) is 0 Å². The molecule has 0 atom stereocenters. The summed E-state index contributed by atoms with van der Waals surface area (Å²) in [5.41, 5.74) is 0.681. The SMILES string of the molecule is Cc1nnc2c(N3CCC(NS(=O)(=O)c4ccc(F)c(Cl)c4)CC3)nccn12. The number of piperidine rings is 1. The molecule has 1 aromatic carbocycles. The van der Waals surface area contributed by atoms with Crippen molar-refractivity contribution in [3.63, 3.8) is 0 Å². The highest BCUT2D eigenvalue weighted by atomic mass is 35.5. The van der Waals surface area contributed by atoms with Gasteiger partial charge in [-0.05, 0) is 38.0 Å². The molecule has 2 aromatic heterocycles. The summed E-state index contributed by atoms with van der Waals surface area (Å²) < 4.78 is 43.0. The van der Waals surface area contributed by atoms with E-state index in [-0.39, 0.29) is 16.0 Å². The summed E-state index contributed by atoms with van der Waals surface area (Å²) in [6, 6.07) is 3.14. The lowest BCUT2D eigenvalue weighted by Crippen LogP contribution is -2.45. The second kappa shape index (κ2) is 7.26. The summed E-state index contributed by atoms with van der Waals surface area (Å²) in [6.45, 7) is 3.11. The maximum absolute atomic E-state index is 13.3. The minimum atomic E-state index is -3.77. The lowest BCUT2D eigenvalue weighted by atomic mass is 10.1. The first-order chi connectivity index (χ1) is 13.3. The van der Waals surface area contributed by atoms with Crippen LogP contribution in [0.2, 0.25) is 5.02 Å². The second-order valence-corrected chi connectivity index (χ2v) is 8.77. The van der Waals surface area contributed by atoms with Crippen molar-refractivity contribution >= 4 is 33.1 Å². The van der Waals surface area contributed by atoms with Gasteiger partial charge in [-0.15, -0.1) is 10.2 Å². The first kappa shape index (κ1) is 19.0. The molecule has 0 unspecified atom stereocenters. The number of nitrogens with one attached hydrogen (secondary N) is 1. The van der Waals surface area contributed by atoms with Crippen LogP contribution in [0.5, 0.6) is 0 Å². The molecule has 0 saturated carbocycles. The summed E-state index contributed by atoms with van der Waals surface area (Å²) in [5, 5.41) is 8.04. The van der Waals surface area contributed by atoms with Gasteiger partial charge in [0, 0.05) is 31.5 Å². The molecule has 8 nitrogen and oxygen atoms in total. The van der Waals surface area contributed by atoms with Gasteiger partial charge in [0.1, 0.15) is 11.6 Å². The molecule has 0 radical (unpaired) electrons. The van der Waals surface area contributed by atoms with Crippen LogP contribution in [0.25, 0.3) is 5.65 Å². The molecule has 11 heteroatoms. The zero-order valence-electron chi connectivity index (χ0n) is 15.0. The quantitative estimate of drug-likeness (QED) is 0.690. The highest BCUT2D eigenvalue weighted by Gasteiger charge is 2.27. The van der Waals surface area contributed by atoms with Crippen molar-refractivity contribution in [1.82, 2.24) is 24.3 Å². The van der Waals surface area contributed by atoms with E-state index in [1.54, 1.807) is 6.20 Å². The summed E-state index contributed by atoms with van der Waals surface area (Å²) in [6.07, 6.45) is 4.71. The van der Waals surface area contributed by atoms with Gasteiger partial charge < -0.3 is 4.90 Å². The Kier molecular flexibility index (Phi) is 4.94. The van der Waals surface area contributed by atoms with Gasteiger partial charge in [-0.3, -0.25) is 4.40 Å². The minimum Gasteiger partial charge on any atom is -0.353 e. The number of halogens is 2. The van der Waals surface area contributed by atoms with E-state index in [2.05, 4.69) is 24.8 Å². The third-order valence-corrected chi connectivity index (χ3v) is 6.60. The monoisotopic (exact) mass is 424 g/mol. The predicted molar refractivity (Wildman–Crippen MR) is 102 cm³/mol. The number of rotatable bonds is 4. The predicted octanol–water partition coefficient (Wildman–Crippen LogP) is 2.17. The third-order valence-electron chi connectivity index (χ3n) is 4.80. The summed E-state index contributed by atoms with van der Waals surface area (Å²) >= 11 is 5.71. The zero-order chi connectivity index (χ0) is 19.9. The smallest absolute Gasteiger partial charge is 0.240 e. The molecule has 0 spiro atoms. The van der Waals surface area contributed by atoms with Crippen molar-refractivity contribution in [2.75, 3.05) is 18.0 Å². The number of aromatic nitrogens is 4. The fourth-order valence-electron chi connectivity index (χ4n) is 3.29. The highest BCUT2D eigenvalue weighted by molar-refractivity contribution is 7.89. The van der Waals surface area contributed by atoms with E-state index in [1.807, 2.05) is 17.5 Å². The Morgan fingerprint density at radius 2 is 2.00 bits per heavy atom. The molecule has 148 valence electrons. The molecular weight excluding hydrogens is 407 g/mol. The number of hydrogen-bond acceptors (Lipinski definition) is 6. The Labute approximate surface area is 166 Å². The van der Waals surface area contributed by atoms with Gasteiger partial charge in [0.05, 0.1) is 9.92 Å². The van der Waals surface area contributed by atoms with Crippen LogP contribution in [0.4, 0.5) is 10.2 Å². The normalized spacial score (nSPS) is 16.0. The third kappa shape index (κ3) is 3.54. The number of sulfonamides is 1. The average molecular weight is 425 g/mol. The van der Waals surface area contributed by atoms with Gasteiger partial charge in [-0.2, -0.15) is 0 Å². The molecule has 1 aliphatic heterocycles. The molecule has 3 heterocycles. The second-order valence-electron chi connectivity index (χ2n) is 6.65. The number of hydrogen-bond donors (Lipinski definition) is 1. The molecule has 0 aliphatic carbocycles. The van der Waals surface area contributed by atoms with E-state index in [0.29, 0.717) is 31.6 Å². The van der Waals surface area contributed by atoms with E-state index < -0.39 is 15.8 Å². The van der Waals surface area contributed by atoms with Crippen molar-refractivity contribution in [2.24, 2.45) is 0 Å². The van der Waals surface area contributed by atoms with Gasteiger partial charge in [0.25, 0.3) is 0 Å². The fraction of sp³-hybridized carbons (Fsp3) is 0.353. The van der Waals surface area contributed by atoms with Crippen LogP contribution in [0.1, 0.15) is 18.7 Å². The van der Waals surface area contributed by atoms with E-state index in [4.69, 9.17) is 11.6 Å². The first-order valence-electron chi connectivity index (χ1n) is 8.74. The molecule has 1 N–H and O–H groups in total. The molecule has 3 aromatic rings. The molecule has 1 saturated heterocycles. The van der Waals surface area contributed by atoms with E-state index in [9.17, 15) is 12.8 Å². The largest absolute Gasteiger partial charge is 0.353 e. The molecule has 0 amide bonds. The summed E-state index contributed by atoms with van der Waals surface area (Å²) in [4.78, 5) is 6.45. The maximum atomic E-state index is 13.3.